The summed E-state index contributed by atoms with van der Waals surface area (Å²) in [6.07, 6.45) is -5.53. The predicted molar refractivity (Wildman–Crippen MR) is 66.2 cm³/mol. The normalized spacial score (nSPS) is 12.4. The highest BCUT2D eigenvalue weighted by molar-refractivity contribution is 5.80. The summed E-state index contributed by atoms with van der Waals surface area (Å²) < 4.78 is 44.4. The van der Waals surface area contributed by atoms with Crippen molar-refractivity contribution in [1.82, 2.24) is 5.32 Å². The number of alkyl halides is 3. The van der Waals surface area contributed by atoms with E-state index >= 15 is 0 Å². The second-order valence-electron chi connectivity index (χ2n) is 4.15. The number of carbonyl (C=O) groups excluding carboxylic acids is 2. The summed E-state index contributed by atoms with van der Waals surface area (Å²) in [6.45, 7) is -0.517. The highest BCUT2D eigenvalue weighted by atomic mass is 19.4. The number of halogens is 3. The van der Waals surface area contributed by atoms with Gasteiger partial charge < -0.3 is 14.8 Å². The summed E-state index contributed by atoms with van der Waals surface area (Å²) in [5.41, 5.74) is 0.736. The molecule has 0 aliphatic rings. The van der Waals surface area contributed by atoms with Crippen molar-refractivity contribution in [2.45, 2.75) is 25.7 Å². The smallest absolute Gasteiger partial charge is 0.422 e. The van der Waals surface area contributed by atoms with E-state index in [9.17, 15) is 22.8 Å². The molecular weight excluding hydrogens is 291 g/mol. The number of alkyl carbamates (subject to hydrolysis) is 1. The molecule has 1 aromatic rings. The molecule has 0 saturated heterocycles. The number of hydrogen-bond donors (Lipinski definition) is 1. The average molecular weight is 305 g/mol. The van der Waals surface area contributed by atoms with Gasteiger partial charge in [-0.05, 0) is 12.5 Å². The molecule has 0 aromatic heterocycles. The van der Waals surface area contributed by atoms with Crippen molar-refractivity contribution in [3.63, 3.8) is 0 Å². The van der Waals surface area contributed by atoms with Crippen molar-refractivity contribution in [2.24, 2.45) is 0 Å². The molecule has 0 saturated carbocycles. The average Bonchev–Trinajstić information content (AvgIpc) is 2.42. The molecule has 0 fully saturated rings. The highest BCUT2D eigenvalue weighted by Crippen LogP contribution is 2.14. The number of benzene rings is 1. The zero-order valence-electron chi connectivity index (χ0n) is 11.1. The maximum absolute atomic E-state index is 11.9. The Hall–Kier alpha value is -2.25. The molecule has 0 spiro atoms. The van der Waals surface area contributed by atoms with E-state index in [0.29, 0.717) is 0 Å². The van der Waals surface area contributed by atoms with Gasteiger partial charge in [-0.1, -0.05) is 30.3 Å². The Bertz CT molecular complexity index is 476. The van der Waals surface area contributed by atoms with E-state index in [-0.39, 0.29) is 6.61 Å². The van der Waals surface area contributed by atoms with E-state index in [1.54, 1.807) is 30.3 Å². The lowest BCUT2D eigenvalue weighted by Gasteiger charge is -2.14. The van der Waals surface area contributed by atoms with Crippen molar-refractivity contribution < 1.29 is 32.2 Å². The lowest BCUT2D eigenvalue weighted by Crippen LogP contribution is -2.40. The molecule has 0 aliphatic carbocycles. The van der Waals surface area contributed by atoms with Crippen LogP contribution in [0, 0.1) is 0 Å². The molecule has 1 aromatic carbocycles. The predicted octanol–water partition coefficient (Wildman–Crippen LogP) is 2.41. The minimum absolute atomic E-state index is 0.0169. The Morgan fingerprint density at radius 2 is 1.81 bits per heavy atom. The molecule has 0 aliphatic heterocycles. The van der Waals surface area contributed by atoms with Crippen LogP contribution in [0.5, 0.6) is 0 Å². The minimum atomic E-state index is -4.61. The van der Waals surface area contributed by atoms with Gasteiger partial charge in [0.25, 0.3) is 0 Å². The first kappa shape index (κ1) is 16.8. The summed E-state index contributed by atoms with van der Waals surface area (Å²) in [7, 11) is 0. The van der Waals surface area contributed by atoms with Crippen LogP contribution in [0.25, 0.3) is 0 Å². The fraction of sp³-hybridized carbons (Fsp3) is 0.385. The zero-order chi connectivity index (χ0) is 15.9. The summed E-state index contributed by atoms with van der Waals surface area (Å²) in [5, 5.41) is 2.08. The third-order valence-corrected chi connectivity index (χ3v) is 2.28. The molecule has 0 bridgehead atoms. The van der Waals surface area contributed by atoms with Gasteiger partial charge >= 0.3 is 18.2 Å². The molecule has 21 heavy (non-hydrogen) atoms. The Kier molecular flexibility index (Phi) is 6.01. The second-order valence-corrected chi connectivity index (χ2v) is 4.15. The number of rotatable bonds is 5. The maximum atomic E-state index is 11.9. The van der Waals surface area contributed by atoms with E-state index in [4.69, 9.17) is 4.74 Å². The van der Waals surface area contributed by atoms with Crippen LogP contribution in [0.2, 0.25) is 0 Å². The van der Waals surface area contributed by atoms with E-state index in [2.05, 4.69) is 10.1 Å². The lowest BCUT2D eigenvalue weighted by molar-refractivity contribution is -0.187. The van der Waals surface area contributed by atoms with Crippen LogP contribution < -0.4 is 5.32 Å². The Morgan fingerprint density at radius 3 is 2.38 bits per heavy atom. The lowest BCUT2D eigenvalue weighted by atomic mass is 10.2. The van der Waals surface area contributed by atoms with Crippen LogP contribution in [0.4, 0.5) is 18.0 Å². The van der Waals surface area contributed by atoms with Crippen LogP contribution in [0.1, 0.15) is 12.5 Å². The third-order valence-electron chi connectivity index (χ3n) is 2.28. The van der Waals surface area contributed by atoms with E-state index in [1.807, 2.05) is 0 Å². The third kappa shape index (κ3) is 7.19. The molecule has 0 unspecified atom stereocenters. The standard InChI is InChI=1S/C13H14F3NO4/c1-9(11(18)21-8-13(14,15)16)17-12(19)20-7-10-5-3-2-4-6-10/h2-6,9H,7-8H2,1H3,(H,17,19)/t9-/m1/s1. The molecule has 1 rings (SSSR count). The van der Waals surface area contributed by atoms with Gasteiger partial charge in [-0.25, -0.2) is 9.59 Å². The van der Waals surface area contributed by atoms with E-state index < -0.39 is 30.9 Å². The number of hydrogen-bond acceptors (Lipinski definition) is 4. The van der Waals surface area contributed by atoms with Crippen LogP contribution >= 0.6 is 0 Å². The monoisotopic (exact) mass is 305 g/mol. The first-order chi connectivity index (χ1) is 9.78. The molecule has 0 heterocycles. The molecule has 1 N–H and O–H groups in total. The van der Waals surface area contributed by atoms with E-state index in [1.165, 1.54) is 6.92 Å². The van der Waals surface area contributed by atoms with Crippen molar-refractivity contribution in [3.05, 3.63) is 35.9 Å². The molecule has 1 atom stereocenters. The first-order valence-corrected chi connectivity index (χ1v) is 5.98. The van der Waals surface area contributed by atoms with Gasteiger partial charge in [0.15, 0.2) is 6.61 Å². The van der Waals surface area contributed by atoms with Crippen LogP contribution in [-0.4, -0.2) is 30.9 Å². The van der Waals surface area contributed by atoms with Crippen LogP contribution in [0.3, 0.4) is 0 Å². The van der Waals surface area contributed by atoms with Crippen molar-refractivity contribution in [1.29, 1.82) is 0 Å². The van der Waals surface area contributed by atoms with Gasteiger partial charge in [-0.15, -0.1) is 0 Å². The van der Waals surface area contributed by atoms with Crippen molar-refractivity contribution in [2.75, 3.05) is 6.61 Å². The molecular formula is C13H14F3NO4. The molecule has 116 valence electrons. The summed E-state index contributed by atoms with van der Waals surface area (Å²) in [5.74, 6) is -1.19. The summed E-state index contributed by atoms with van der Waals surface area (Å²) >= 11 is 0. The van der Waals surface area contributed by atoms with Gasteiger partial charge in [0.2, 0.25) is 0 Å². The highest BCUT2D eigenvalue weighted by Gasteiger charge is 2.31. The first-order valence-electron chi connectivity index (χ1n) is 5.98. The van der Waals surface area contributed by atoms with Crippen molar-refractivity contribution >= 4 is 12.1 Å². The molecule has 1 amide bonds. The number of carbonyl (C=O) groups is 2. The quantitative estimate of drug-likeness (QED) is 0.848. The number of esters is 1. The zero-order valence-corrected chi connectivity index (χ0v) is 11.1. The second kappa shape index (κ2) is 7.51. The fourth-order valence-electron chi connectivity index (χ4n) is 1.28. The molecule has 8 heteroatoms. The largest absolute Gasteiger partial charge is 0.455 e. The Labute approximate surface area is 119 Å². The Morgan fingerprint density at radius 1 is 1.19 bits per heavy atom. The minimum Gasteiger partial charge on any atom is -0.455 e. The topological polar surface area (TPSA) is 64.6 Å². The summed E-state index contributed by atoms with van der Waals surface area (Å²) in [6, 6.07) is 7.53. The number of amides is 1. The van der Waals surface area contributed by atoms with E-state index in [0.717, 1.165) is 5.56 Å². The Balaban J connectivity index is 2.31. The molecule has 0 radical (unpaired) electrons. The van der Waals surface area contributed by atoms with Crippen molar-refractivity contribution in [3.8, 4) is 0 Å². The number of nitrogens with one attached hydrogen (secondary N) is 1. The van der Waals surface area contributed by atoms with Gasteiger partial charge in [0, 0.05) is 0 Å². The van der Waals surface area contributed by atoms with Gasteiger partial charge in [0.05, 0.1) is 0 Å². The molecule has 5 nitrogen and oxygen atoms in total. The fourth-order valence-corrected chi connectivity index (χ4v) is 1.28. The van der Waals surface area contributed by atoms with Gasteiger partial charge in [0.1, 0.15) is 12.6 Å². The maximum Gasteiger partial charge on any atom is 0.422 e. The van der Waals surface area contributed by atoms with Crippen LogP contribution in [-0.2, 0) is 20.9 Å². The summed E-state index contributed by atoms with van der Waals surface area (Å²) in [4.78, 5) is 22.6. The van der Waals surface area contributed by atoms with Gasteiger partial charge in [-0.3, -0.25) is 0 Å². The van der Waals surface area contributed by atoms with Gasteiger partial charge in [-0.2, -0.15) is 13.2 Å². The SMILES string of the molecule is C[C@@H](NC(=O)OCc1ccccc1)C(=O)OCC(F)(F)F. The van der Waals surface area contributed by atoms with Crippen LogP contribution in [0.15, 0.2) is 30.3 Å². The number of ether oxygens (including phenoxy) is 2.